The third kappa shape index (κ3) is 4.58. The smallest absolute Gasteiger partial charge is 0.264 e. The molecular formula is C22H21ClN2O4S. The first kappa shape index (κ1) is 21.7. The van der Waals surface area contributed by atoms with Gasteiger partial charge in [-0.1, -0.05) is 29.8 Å². The molecule has 0 aliphatic rings. The molecule has 0 atom stereocenters. The minimum atomic E-state index is -3.70. The van der Waals surface area contributed by atoms with Crippen molar-refractivity contribution in [2.75, 3.05) is 23.3 Å². The van der Waals surface area contributed by atoms with Crippen LogP contribution in [0.25, 0.3) is 0 Å². The molecule has 1 N–H and O–H groups in total. The predicted molar refractivity (Wildman–Crippen MR) is 119 cm³/mol. The minimum Gasteiger partial charge on any atom is -0.495 e. The molecule has 1 amide bonds. The molecule has 0 spiro atoms. The van der Waals surface area contributed by atoms with Crippen LogP contribution in [0, 0.1) is 0 Å². The van der Waals surface area contributed by atoms with Crippen LogP contribution in [0.15, 0.2) is 77.7 Å². The van der Waals surface area contributed by atoms with Crippen LogP contribution < -0.4 is 14.4 Å². The molecule has 156 valence electrons. The molecular weight excluding hydrogens is 424 g/mol. The topological polar surface area (TPSA) is 75.7 Å². The van der Waals surface area contributed by atoms with Gasteiger partial charge in [0.15, 0.2) is 0 Å². The van der Waals surface area contributed by atoms with Crippen LogP contribution in [-0.4, -0.2) is 28.0 Å². The Morgan fingerprint density at radius 3 is 2.30 bits per heavy atom. The summed E-state index contributed by atoms with van der Waals surface area (Å²) in [5, 5.41) is 3.22. The normalized spacial score (nSPS) is 11.0. The first-order valence-corrected chi connectivity index (χ1v) is 11.0. The fourth-order valence-corrected chi connectivity index (χ4v) is 4.63. The lowest BCUT2D eigenvalue weighted by molar-refractivity contribution is 0.102. The van der Waals surface area contributed by atoms with E-state index in [2.05, 4.69) is 5.32 Å². The number of halogens is 1. The number of rotatable bonds is 7. The van der Waals surface area contributed by atoms with E-state index in [1.54, 1.807) is 79.7 Å². The van der Waals surface area contributed by atoms with Gasteiger partial charge < -0.3 is 10.1 Å². The van der Waals surface area contributed by atoms with E-state index in [0.29, 0.717) is 27.7 Å². The lowest BCUT2D eigenvalue weighted by atomic mass is 10.2. The van der Waals surface area contributed by atoms with Crippen LogP contribution in [0.1, 0.15) is 17.3 Å². The summed E-state index contributed by atoms with van der Waals surface area (Å²) in [5.74, 6) is 0.117. The summed E-state index contributed by atoms with van der Waals surface area (Å²) >= 11 is 6.00. The number of methoxy groups -OCH3 is 1. The molecule has 8 heteroatoms. The number of carbonyl (C=O) groups excluding carboxylic acids is 1. The van der Waals surface area contributed by atoms with Crippen molar-refractivity contribution < 1.29 is 17.9 Å². The minimum absolute atomic E-state index is 0.210. The zero-order valence-electron chi connectivity index (χ0n) is 16.5. The number of nitrogens with zero attached hydrogens (tertiary/aromatic N) is 1. The van der Waals surface area contributed by atoms with Gasteiger partial charge in [0, 0.05) is 17.1 Å². The number of benzene rings is 3. The first-order chi connectivity index (χ1) is 14.4. The molecule has 0 unspecified atom stereocenters. The van der Waals surface area contributed by atoms with Crippen molar-refractivity contribution in [1.82, 2.24) is 0 Å². The van der Waals surface area contributed by atoms with E-state index in [4.69, 9.17) is 16.3 Å². The SMILES string of the molecule is CCN(c1ccc(C(=O)Nc2cc(Cl)ccc2OC)cc1)S(=O)(=O)c1ccccc1. The number of nitrogens with one attached hydrogen (secondary N) is 1. The Kier molecular flexibility index (Phi) is 6.64. The second-order valence-electron chi connectivity index (χ2n) is 6.33. The summed E-state index contributed by atoms with van der Waals surface area (Å²) < 4.78 is 32.4. The van der Waals surface area contributed by atoms with Crippen molar-refractivity contribution >= 4 is 38.9 Å². The monoisotopic (exact) mass is 444 g/mol. The maximum Gasteiger partial charge on any atom is 0.264 e. The second kappa shape index (κ2) is 9.19. The van der Waals surface area contributed by atoms with Gasteiger partial charge in [-0.2, -0.15) is 0 Å². The Morgan fingerprint density at radius 1 is 1.03 bits per heavy atom. The van der Waals surface area contributed by atoms with Gasteiger partial charge in [0.05, 0.1) is 23.4 Å². The van der Waals surface area contributed by atoms with Crippen LogP contribution in [0.5, 0.6) is 5.75 Å². The third-order valence-corrected chi connectivity index (χ3v) is 6.60. The second-order valence-corrected chi connectivity index (χ2v) is 8.63. The number of hydrogen-bond acceptors (Lipinski definition) is 4. The van der Waals surface area contributed by atoms with Gasteiger partial charge >= 0.3 is 0 Å². The highest BCUT2D eigenvalue weighted by molar-refractivity contribution is 7.92. The molecule has 3 aromatic rings. The Balaban J connectivity index is 1.83. The van der Waals surface area contributed by atoms with E-state index in [0.717, 1.165) is 0 Å². The molecule has 0 heterocycles. The van der Waals surface area contributed by atoms with Gasteiger partial charge in [0.25, 0.3) is 15.9 Å². The van der Waals surface area contributed by atoms with Crippen molar-refractivity contribution in [3.05, 3.63) is 83.4 Å². The van der Waals surface area contributed by atoms with Crippen molar-refractivity contribution in [3.63, 3.8) is 0 Å². The van der Waals surface area contributed by atoms with E-state index in [-0.39, 0.29) is 17.3 Å². The van der Waals surface area contributed by atoms with Gasteiger partial charge in [-0.25, -0.2) is 8.42 Å². The highest BCUT2D eigenvalue weighted by Gasteiger charge is 2.23. The maximum absolute atomic E-state index is 12.9. The number of sulfonamides is 1. The quantitative estimate of drug-likeness (QED) is 0.567. The Labute approximate surface area is 181 Å². The number of carbonyl (C=O) groups is 1. The molecule has 0 aliphatic carbocycles. The summed E-state index contributed by atoms with van der Waals surface area (Å²) in [6.07, 6.45) is 0. The number of anilines is 2. The van der Waals surface area contributed by atoms with Crippen molar-refractivity contribution in [2.45, 2.75) is 11.8 Å². The zero-order chi connectivity index (χ0) is 21.7. The van der Waals surface area contributed by atoms with Crippen molar-refractivity contribution in [2.24, 2.45) is 0 Å². The summed E-state index contributed by atoms with van der Waals surface area (Å²) in [7, 11) is -2.20. The molecule has 3 rings (SSSR count). The molecule has 3 aromatic carbocycles. The van der Waals surface area contributed by atoms with Gasteiger partial charge in [-0.3, -0.25) is 9.10 Å². The fourth-order valence-electron chi connectivity index (χ4n) is 2.96. The van der Waals surface area contributed by atoms with Crippen LogP contribution in [0.4, 0.5) is 11.4 Å². The average molecular weight is 445 g/mol. The Hall–Kier alpha value is -3.03. The maximum atomic E-state index is 12.9. The molecule has 0 saturated carbocycles. The molecule has 0 bridgehead atoms. The van der Waals surface area contributed by atoms with E-state index >= 15 is 0 Å². The van der Waals surface area contributed by atoms with Crippen LogP contribution in [0.3, 0.4) is 0 Å². The molecule has 0 radical (unpaired) electrons. The van der Waals surface area contributed by atoms with Gasteiger partial charge in [0.1, 0.15) is 5.75 Å². The summed E-state index contributed by atoms with van der Waals surface area (Å²) in [6, 6.07) is 19.5. The average Bonchev–Trinajstić information content (AvgIpc) is 2.75. The number of amides is 1. The molecule has 6 nitrogen and oxygen atoms in total. The lowest BCUT2D eigenvalue weighted by Crippen LogP contribution is -2.30. The van der Waals surface area contributed by atoms with Gasteiger partial charge in [-0.05, 0) is 61.5 Å². The van der Waals surface area contributed by atoms with Crippen LogP contribution in [0.2, 0.25) is 5.02 Å². The highest BCUT2D eigenvalue weighted by Crippen LogP contribution is 2.29. The summed E-state index contributed by atoms with van der Waals surface area (Å²) in [6.45, 7) is 2.01. The first-order valence-electron chi connectivity index (χ1n) is 9.19. The number of ether oxygens (including phenoxy) is 1. The van der Waals surface area contributed by atoms with E-state index in [9.17, 15) is 13.2 Å². The van der Waals surface area contributed by atoms with Crippen molar-refractivity contribution in [3.8, 4) is 5.75 Å². The van der Waals surface area contributed by atoms with Gasteiger partial charge in [-0.15, -0.1) is 0 Å². The predicted octanol–water partition coefficient (Wildman–Crippen LogP) is 4.82. The molecule has 30 heavy (non-hydrogen) atoms. The molecule has 0 aromatic heterocycles. The Morgan fingerprint density at radius 2 is 1.70 bits per heavy atom. The lowest BCUT2D eigenvalue weighted by Gasteiger charge is -2.23. The van der Waals surface area contributed by atoms with E-state index < -0.39 is 10.0 Å². The van der Waals surface area contributed by atoms with E-state index in [1.165, 1.54) is 11.4 Å². The summed E-state index contributed by atoms with van der Waals surface area (Å²) in [4.78, 5) is 12.8. The zero-order valence-corrected chi connectivity index (χ0v) is 18.1. The summed E-state index contributed by atoms with van der Waals surface area (Å²) in [5.41, 5.74) is 1.29. The van der Waals surface area contributed by atoms with Crippen LogP contribution in [-0.2, 0) is 10.0 Å². The third-order valence-electron chi connectivity index (χ3n) is 4.45. The number of hydrogen-bond donors (Lipinski definition) is 1. The Bertz CT molecular complexity index is 1130. The molecule has 0 fully saturated rings. The largest absolute Gasteiger partial charge is 0.495 e. The molecule has 0 aliphatic heterocycles. The molecule has 0 saturated heterocycles. The fraction of sp³-hybridized carbons (Fsp3) is 0.136. The van der Waals surface area contributed by atoms with E-state index in [1.807, 2.05) is 0 Å². The van der Waals surface area contributed by atoms with Crippen molar-refractivity contribution in [1.29, 1.82) is 0 Å². The standard InChI is InChI=1S/C22H21ClN2O4S/c1-3-25(30(27,28)19-7-5-4-6-8-19)18-12-9-16(10-13-18)22(26)24-20-15-17(23)11-14-21(20)29-2/h4-15H,3H2,1-2H3,(H,24,26). The van der Waals surface area contributed by atoms with Gasteiger partial charge in [0.2, 0.25) is 0 Å². The van der Waals surface area contributed by atoms with Crippen LogP contribution >= 0.6 is 11.6 Å². The highest BCUT2D eigenvalue weighted by atomic mass is 35.5.